The van der Waals surface area contributed by atoms with Crippen LogP contribution in [0.3, 0.4) is 0 Å². The van der Waals surface area contributed by atoms with Gasteiger partial charge < -0.3 is 5.32 Å². The third-order valence-corrected chi connectivity index (χ3v) is 7.13. The summed E-state index contributed by atoms with van der Waals surface area (Å²) in [4.78, 5) is 42.4. The molecule has 0 aliphatic heterocycles. The van der Waals surface area contributed by atoms with Gasteiger partial charge in [-0.2, -0.15) is 23.1 Å². The van der Waals surface area contributed by atoms with Crippen LogP contribution >= 0.6 is 23.2 Å². The van der Waals surface area contributed by atoms with Gasteiger partial charge in [-0.3, -0.25) is 19.7 Å². The quantitative estimate of drug-likeness (QED) is 0.119. The molecule has 5 aromatic rings. The van der Waals surface area contributed by atoms with E-state index in [-0.39, 0.29) is 58.0 Å². The SMILES string of the molecule is Cc1cc(Cl)cc(C(=O)NCc2ccc([N+](=O)[O-])cc2)c1CC(=O)c1cc(Cn2nnc(C(F)(F)F)n2)nn1-c1ncccc1Cl. The van der Waals surface area contributed by atoms with E-state index in [0.717, 1.165) is 4.68 Å². The smallest absolute Gasteiger partial charge is 0.348 e. The number of pyridine rings is 1. The van der Waals surface area contributed by atoms with E-state index in [1.165, 1.54) is 48.7 Å². The number of hydrogen-bond acceptors (Lipinski definition) is 9. The first-order chi connectivity index (χ1) is 21.8. The Morgan fingerprint density at radius 2 is 1.80 bits per heavy atom. The Labute approximate surface area is 267 Å². The van der Waals surface area contributed by atoms with Crippen molar-refractivity contribution in [3.63, 3.8) is 0 Å². The fourth-order valence-corrected chi connectivity index (χ4v) is 4.92. The molecule has 46 heavy (non-hydrogen) atoms. The van der Waals surface area contributed by atoms with Gasteiger partial charge in [0.1, 0.15) is 12.2 Å². The number of ketones is 1. The highest BCUT2D eigenvalue weighted by Crippen LogP contribution is 2.27. The first-order valence-electron chi connectivity index (χ1n) is 13.2. The molecule has 0 saturated carbocycles. The molecule has 0 atom stereocenters. The van der Waals surface area contributed by atoms with Crippen molar-refractivity contribution in [2.45, 2.75) is 32.6 Å². The van der Waals surface area contributed by atoms with Gasteiger partial charge in [0.05, 0.1) is 15.6 Å². The summed E-state index contributed by atoms with van der Waals surface area (Å²) in [5.74, 6) is -2.44. The van der Waals surface area contributed by atoms with Crippen LogP contribution in [-0.2, 0) is 25.7 Å². The van der Waals surface area contributed by atoms with Crippen LogP contribution in [0.2, 0.25) is 10.0 Å². The van der Waals surface area contributed by atoms with Crippen LogP contribution in [0, 0.1) is 17.0 Å². The summed E-state index contributed by atoms with van der Waals surface area (Å²) in [6, 6.07) is 13.1. The fourth-order valence-electron chi connectivity index (χ4n) is 4.44. The van der Waals surface area contributed by atoms with Crippen LogP contribution in [0.15, 0.2) is 60.8 Å². The zero-order chi connectivity index (χ0) is 33.2. The molecule has 3 heterocycles. The third kappa shape index (κ3) is 7.18. The molecule has 1 N–H and O–H groups in total. The predicted octanol–water partition coefficient (Wildman–Crippen LogP) is 5.20. The molecule has 1 amide bonds. The van der Waals surface area contributed by atoms with E-state index >= 15 is 0 Å². The number of hydrogen-bond donors (Lipinski definition) is 1. The molecular formula is C28H20Cl2F3N9O4. The molecule has 18 heteroatoms. The molecule has 0 saturated heterocycles. The number of aryl methyl sites for hydroxylation is 1. The molecule has 3 aromatic heterocycles. The number of non-ortho nitro benzene ring substituents is 1. The van der Waals surface area contributed by atoms with Gasteiger partial charge in [-0.15, -0.1) is 10.2 Å². The number of carbonyl (C=O) groups is 2. The number of nitrogens with zero attached hydrogens (tertiary/aromatic N) is 8. The molecule has 0 aliphatic carbocycles. The molecule has 0 radical (unpaired) electrons. The van der Waals surface area contributed by atoms with Gasteiger partial charge in [0, 0.05) is 41.9 Å². The van der Waals surface area contributed by atoms with Gasteiger partial charge in [-0.25, -0.2) is 9.67 Å². The summed E-state index contributed by atoms with van der Waals surface area (Å²) in [5, 5.41) is 28.1. The molecule has 0 aliphatic rings. The van der Waals surface area contributed by atoms with Crippen LogP contribution in [0.25, 0.3) is 5.82 Å². The lowest BCUT2D eigenvalue weighted by atomic mass is 9.95. The van der Waals surface area contributed by atoms with Crippen LogP contribution in [0.5, 0.6) is 0 Å². The summed E-state index contributed by atoms with van der Waals surface area (Å²) < 4.78 is 40.1. The van der Waals surface area contributed by atoms with Crippen molar-refractivity contribution >= 4 is 40.6 Å². The topological polar surface area (TPSA) is 164 Å². The lowest BCUT2D eigenvalue weighted by Gasteiger charge is -2.14. The van der Waals surface area contributed by atoms with E-state index in [9.17, 15) is 32.9 Å². The minimum atomic E-state index is -4.80. The van der Waals surface area contributed by atoms with Crippen LogP contribution in [0.1, 0.15) is 49.1 Å². The van der Waals surface area contributed by atoms with Gasteiger partial charge in [0.15, 0.2) is 11.6 Å². The molecule has 0 spiro atoms. The number of tetrazole rings is 1. The number of nitrogens with one attached hydrogen (secondary N) is 1. The van der Waals surface area contributed by atoms with E-state index in [1.807, 2.05) is 0 Å². The number of amides is 1. The summed E-state index contributed by atoms with van der Waals surface area (Å²) in [6.07, 6.45) is -3.69. The summed E-state index contributed by atoms with van der Waals surface area (Å²) in [7, 11) is 0. The van der Waals surface area contributed by atoms with Crippen LogP contribution in [0.4, 0.5) is 18.9 Å². The normalized spacial score (nSPS) is 11.4. The Balaban J connectivity index is 1.44. The second-order valence-corrected chi connectivity index (χ2v) is 10.7. The molecular weight excluding hydrogens is 654 g/mol. The number of alkyl halides is 3. The number of aromatic nitrogens is 7. The zero-order valence-corrected chi connectivity index (χ0v) is 25.0. The summed E-state index contributed by atoms with van der Waals surface area (Å²) in [6.45, 7) is 1.35. The van der Waals surface area contributed by atoms with Crippen LogP contribution < -0.4 is 5.32 Å². The van der Waals surface area contributed by atoms with E-state index < -0.39 is 28.6 Å². The van der Waals surface area contributed by atoms with Crippen molar-refractivity contribution in [1.29, 1.82) is 0 Å². The predicted molar refractivity (Wildman–Crippen MR) is 157 cm³/mol. The number of benzene rings is 2. The van der Waals surface area contributed by atoms with Crippen molar-refractivity contribution in [3.05, 3.63) is 120 Å². The Morgan fingerprint density at radius 1 is 1.07 bits per heavy atom. The minimum absolute atomic E-state index is 0.0293. The number of Topliss-reactive ketones (excluding diaryl/α,β-unsaturated/α-hetero) is 1. The molecule has 5 rings (SSSR count). The van der Waals surface area contributed by atoms with Crippen molar-refractivity contribution < 1.29 is 27.7 Å². The van der Waals surface area contributed by atoms with Gasteiger partial charge in [-0.1, -0.05) is 35.3 Å². The van der Waals surface area contributed by atoms with Crippen LogP contribution in [-0.4, -0.2) is 51.6 Å². The lowest BCUT2D eigenvalue weighted by Crippen LogP contribution is -2.25. The maximum Gasteiger partial charge on any atom is 0.455 e. The molecule has 2 aromatic carbocycles. The van der Waals surface area contributed by atoms with E-state index in [4.69, 9.17) is 23.2 Å². The highest BCUT2D eigenvalue weighted by atomic mass is 35.5. The first-order valence-corrected chi connectivity index (χ1v) is 13.9. The molecule has 0 unspecified atom stereocenters. The zero-order valence-electron chi connectivity index (χ0n) is 23.5. The Hall–Kier alpha value is -5.22. The van der Waals surface area contributed by atoms with Gasteiger partial charge in [0.2, 0.25) is 0 Å². The van der Waals surface area contributed by atoms with Gasteiger partial charge in [0.25, 0.3) is 17.4 Å². The molecule has 0 bridgehead atoms. The Bertz CT molecular complexity index is 1960. The first kappa shape index (κ1) is 32.2. The highest BCUT2D eigenvalue weighted by molar-refractivity contribution is 6.32. The Morgan fingerprint density at radius 3 is 2.46 bits per heavy atom. The van der Waals surface area contributed by atoms with Crippen molar-refractivity contribution in [1.82, 2.24) is 40.3 Å². The number of nitro benzene ring substituents is 1. The maximum absolute atomic E-state index is 13.8. The van der Waals surface area contributed by atoms with Gasteiger partial charge in [-0.05, 0) is 59.2 Å². The second-order valence-electron chi connectivity index (χ2n) is 9.84. The molecule has 13 nitrogen and oxygen atoms in total. The fraction of sp³-hybridized carbons (Fsp3) is 0.179. The average Bonchev–Trinajstić information content (AvgIpc) is 3.65. The monoisotopic (exact) mass is 673 g/mol. The summed E-state index contributed by atoms with van der Waals surface area (Å²) >= 11 is 12.6. The maximum atomic E-state index is 13.8. The largest absolute Gasteiger partial charge is 0.455 e. The van der Waals surface area contributed by atoms with E-state index in [0.29, 0.717) is 21.5 Å². The summed E-state index contributed by atoms with van der Waals surface area (Å²) in [5.41, 5.74) is 1.58. The minimum Gasteiger partial charge on any atom is -0.348 e. The van der Waals surface area contributed by atoms with Crippen molar-refractivity contribution in [2.75, 3.05) is 0 Å². The third-order valence-electron chi connectivity index (χ3n) is 6.62. The number of nitro groups is 1. The van der Waals surface area contributed by atoms with E-state index in [1.54, 1.807) is 19.1 Å². The number of carbonyl (C=O) groups excluding carboxylic acids is 2. The number of rotatable bonds is 10. The highest BCUT2D eigenvalue weighted by Gasteiger charge is 2.37. The molecule has 236 valence electrons. The lowest BCUT2D eigenvalue weighted by molar-refractivity contribution is -0.384. The Kier molecular flexibility index (Phi) is 9.11. The van der Waals surface area contributed by atoms with E-state index in [2.05, 4.69) is 30.8 Å². The van der Waals surface area contributed by atoms with Gasteiger partial charge >= 0.3 is 6.18 Å². The standard InChI is InChI=1S/C28H20Cl2F3N9O4/c1-15-9-17(29)10-21(26(44)35-13-16-4-6-19(7-5-16)42(45)46)20(15)12-24(43)23-11-18(14-40-38-27(36-39-40)28(31,32)33)37-41(23)25-22(30)3-2-8-34-25/h2-11H,12-14H2,1H3,(H,35,44). The average molecular weight is 674 g/mol. The number of halogens is 5. The molecule has 0 fully saturated rings. The van der Waals surface area contributed by atoms with Crippen molar-refractivity contribution in [3.8, 4) is 5.82 Å². The second kappa shape index (κ2) is 13.0. The van der Waals surface area contributed by atoms with Crippen molar-refractivity contribution in [2.24, 2.45) is 0 Å².